The first-order valence-corrected chi connectivity index (χ1v) is 7.91. The summed E-state index contributed by atoms with van der Waals surface area (Å²) in [4.78, 5) is 5.56. The number of guanidine groups is 1. The smallest absolute Gasteiger partial charge is 0.188 e. The Labute approximate surface area is 155 Å². The number of benzene rings is 1. The Kier molecular flexibility index (Phi) is 8.74. The van der Waals surface area contributed by atoms with Crippen molar-refractivity contribution in [2.45, 2.75) is 12.8 Å². The summed E-state index contributed by atoms with van der Waals surface area (Å²) in [6, 6.07) is 8.51. The van der Waals surface area contributed by atoms with Crippen LogP contribution in [0.5, 0.6) is 0 Å². The topological polar surface area (TPSA) is 50.4 Å². The Morgan fingerprint density at radius 2 is 2.14 bits per heavy atom. The van der Waals surface area contributed by atoms with Crippen LogP contribution in [0.25, 0.3) is 0 Å². The zero-order valence-corrected chi connectivity index (χ0v) is 15.8. The number of nitrogens with zero attached hydrogens (tertiary/aromatic N) is 1. The third-order valence-electron chi connectivity index (χ3n) is 2.94. The number of nitrogens with two attached hydrogens (primary N) is 1. The molecule has 0 saturated carbocycles. The molecule has 0 aliphatic heterocycles. The van der Waals surface area contributed by atoms with Crippen molar-refractivity contribution in [2.75, 3.05) is 13.1 Å². The normalized spacial score (nSPS) is 11.1. The molecule has 3 nitrogen and oxygen atoms in total. The fourth-order valence-electron chi connectivity index (χ4n) is 1.85. The predicted molar refractivity (Wildman–Crippen MR) is 103 cm³/mol. The van der Waals surface area contributed by atoms with E-state index in [1.54, 1.807) is 17.4 Å². The van der Waals surface area contributed by atoms with Gasteiger partial charge in [-0.15, -0.1) is 35.3 Å². The van der Waals surface area contributed by atoms with E-state index in [-0.39, 0.29) is 29.8 Å². The molecule has 120 valence electrons. The molecule has 22 heavy (non-hydrogen) atoms. The number of hydrogen-bond donors (Lipinski definition) is 2. The van der Waals surface area contributed by atoms with E-state index >= 15 is 0 Å². The molecule has 2 aromatic rings. The minimum Gasteiger partial charge on any atom is -0.370 e. The lowest BCUT2D eigenvalue weighted by molar-refractivity contribution is 0.627. The highest BCUT2D eigenvalue weighted by atomic mass is 127. The van der Waals surface area contributed by atoms with E-state index in [2.05, 4.69) is 16.4 Å². The standard InChI is InChI=1S/C15H17ClFN3S.HI/c16-14-10-12(17)4-3-11(14)5-7-19-15(18)20-8-6-13-2-1-9-21-13;/h1-4,9-10H,5-8H2,(H3,18,19,20);1H. The Hall–Kier alpha value is -0.860. The Morgan fingerprint density at radius 1 is 1.32 bits per heavy atom. The summed E-state index contributed by atoms with van der Waals surface area (Å²) in [6.45, 7) is 1.27. The maximum atomic E-state index is 12.9. The van der Waals surface area contributed by atoms with Gasteiger partial charge >= 0.3 is 0 Å². The number of rotatable bonds is 6. The van der Waals surface area contributed by atoms with Crippen molar-refractivity contribution in [2.24, 2.45) is 10.7 Å². The van der Waals surface area contributed by atoms with Crippen LogP contribution in [0.15, 0.2) is 40.7 Å². The summed E-state index contributed by atoms with van der Waals surface area (Å²) in [6.07, 6.45) is 1.56. The van der Waals surface area contributed by atoms with Gasteiger partial charge in [-0.3, -0.25) is 4.99 Å². The van der Waals surface area contributed by atoms with Crippen LogP contribution < -0.4 is 11.1 Å². The minimum atomic E-state index is -0.327. The summed E-state index contributed by atoms with van der Waals surface area (Å²) in [7, 11) is 0. The summed E-state index contributed by atoms with van der Waals surface area (Å²) in [5.74, 6) is 0.0937. The lowest BCUT2D eigenvalue weighted by Crippen LogP contribution is -2.33. The molecule has 1 aromatic carbocycles. The van der Waals surface area contributed by atoms with E-state index < -0.39 is 0 Å². The third kappa shape index (κ3) is 6.50. The van der Waals surface area contributed by atoms with Crippen LogP contribution >= 0.6 is 46.9 Å². The Morgan fingerprint density at radius 3 is 2.82 bits per heavy atom. The number of thiophene rings is 1. The van der Waals surface area contributed by atoms with Crippen LogP contribution in [0.3, 0.4) is 0 Å². The molecule has 0 aliphatic rings. The van der Waals surface area contributed by atoms with Crippen molar-refractivity contribution in [3.8, 4) is 0 Å². The molecule has 0 aliphatic carbocycles. The van der Waals surface area contributed by atoms with Gasteiger partial charge in [-0.1, -0.05) is 23.7 Å². The molecule has 0 spiro atoms. The summed E-state index contributed by atoms with van der Waals surface area (Å²) < 4.78 is 12.9. The third-order valence-corrected chi connectivity index (χ3v) is 4.22. The molecule has 0 bridgehead atoms. The highest BCUT2D eigenvalue weighted by molar-refractivity contribution is 14.0. The molecule has 0 fully saturated rings. The van der Waals surface area contributed by atoms with Crippen LogP contribution in [0.2, 0.25) is 5.02 Å². The fourth-order valence-corrected chi connectivity index (χ4v) is 2.81. The molecule has 0 atom stereocenters. The first-order valence-electron chi connectivity index (χ1n) is 6.65. The van der Waals surface area contributed by atoms with Crippen molar-refractivity contribution < 1.29 is 4.39 Å². The van der Waals surface area contributed by atoms with Gasteiger partial charge in [0.2, 0.25) is 0 Å². The monoisotopic (exact) mass is 453 g/mol. The van der Waals surface area contributed by atoms with Gasteiger partial charge in [-0.25, -0.2) is 4.39 Å². The lowest BCUT2D eigenvalue weighted by Gasteiger charge is -2.07. The second-order valence-electron chi connectivity index (χ2n) is 4.51. The Balaban J connectivity index is 0.00000242. The molecule has 0 radical (unpaired) electrons. The zero-order chi connectivity index (χ0) is 15.1. The molecule has 1 heterocycles. The summed E-state index contributed by atoms with van der Waals surface area (Å²) in [5.41, 5.74) is 6.67. The predicted octanol–water partition coefficient (Wildman–Crippen LogP) is 3.85. The zero-order valence-electron chi connectivity index (χ0n) is 11.9. The van der Waals surface area contributed by atoms with E-state index in [9.17, 15) is 4.39 Å². The van der Waals surface area contributed by atoms with E-state index in [1.165, 1.54) is 17.0 Å². The molecule has 2 rings (SSSR count). The van der Waals surface area contributed by atoms with Crippen molar-refractivity contribution in [1.29, 1.82) is 0 Å². The number of nitrogens with one attached hydrogen (secondary N) is 1. The van der Waals surface area contributed by atoms with Crippen LogP contribution in [-0.4, -0.2) is 19.0 Å². The maximum Gasteiger partial charge on any atom is 0.188 e. The molecular weight excluding hydrogens is 436 g/mol. The van der Waals surface area contributed by atoms with Crippen LogP contribution in [0.1, 0.15) is 10.4 Å². The van der Waals surface area contributed by atoms with Gasteiger partial charge in [0.25, 0.3) is 0 Å². The van der Waals surface area contributed by atoms with Crippen molar-refractivity contribution >= 4 is 52.9 Å². The van der Waals surface area contributed by atoms with E-state index in [1.807, 2.05) is 11.4 Å². The lowest BCUT2D eigenvalue weighted by atomic mass is 10.1. The van der Waals surface area contributed by atoms with E-state index in [0.717, 1.165) is 12.0 Å². The van der Waals surface area contributed by atoms with Gasteiger partial charge in [-0.2, -0.15) is 0 Å². The number of halogens is 3. The van der Waals surface area contributed by atoms with Gasteiger partial charge in [-0.05, 0) is 35.6 Å². The first-order chi connectivity index (χ1) is 10.1. The molecule has 1 aromatic heterocycles. The average Bonchev–Trinajstić information content (AvgIpc) is 2.94. The minimum absolute atomic E-state index is 0. The highest BCUT2D eigenvalue weighted by Crippen LogP contribution is 2.17. The number of hydrogen-bond acceptors (Lipinski definition) is 2. The second-order valence-corrected chi connectivity index (χ2v) is 5.95. The second kappa shape index (κ2) is 10.0. The average molecular weight is 454 g/mol. The van der Waals surface area contributed by atoms with Crippen LogP contribution in [-0.2, 0) is 12.8 Å². The quantitative estimate of drug-likeness (QED) is 0.397. The SMILES string of the molecule is I.NC(=NCCc1cccs1)NCCc1ccc(F)cc1Cl. The van der Waals surface area contributed by atoms with Crippen LogP contribution in [0.4, 0.5) is 4.39 Å². The van der Waals surface area contributed by atoms with Crippen molar-refractivity contribution in [3.05, 3.63) is 57.0 Å². The first kappa shape index (κ1) is 19.2. The molecule has 0 unspecified atom stereocenters. The molecular formula is C15H18ClFIN3S. The highest BCUT2D eigenvalue weighted by Gasteiger charge is 2.02. The fraction of sp³-hybridized carbons (Fsp3) is 0.267. The Bertz CT molecular complexity index is 605. The summed E-state index contributed by atoms with van der Waals surface area (Å²) in [5, 5.41) is 5.52. The molecule has 0 amide bonds. The molecule has 7 heteroatoms. The molecule has 0 saturated heterocycles. The maximum absolute atomic E-state index is 12.9. The van der Waals surface area contributed by atoms with E-state index in [0.29, 0.717) is 30.5 Å². The van der Waals surface area contributed by atoms with E-state index in [4.69, 9.17) is 17.3 Å². The molecule has 3 N–H and O–H groups in total. The van der Waals surface area contributed by atoms with Gasteiger partial charge in [0.1, 0.15) is 5.82 Å². The largest absolute Gasteiger partial charge is 0.370 e. The van der Waals surface area contributed by atoms with Gasteiger partial charge in [0.15, 0.2) is 5.96 Å². The van der Waals surface area contributed by atoms with Gasteiger partial charge in [0, 0.05) is 29.4 Å². The summed E-state index contributed by atoms with van der Waals surface area (Å²) >= 11 is 7.67. The van der Waals surface area contributed by atoms with Crippen LogP contribution in [0, 0.1) is 5.82 Å². The van der Waals surface area contributed by atoms with Gasteiger partial charge in [0.05, 0.1) is 0 Å². The van der Waals surface area contributed by atoms with Gasteiger partial charge < -0.3 is 11.1 Å². The van der Waals surface area contributed by atoms with Crippen molar-refractivity contribution in [3.63, 3.8) is 0 Å². The van der Waals surface area contributed by atoms with Crippen molar-refractivity contribution in [1.82, 2.24) is 5.32 Å². The number of aliphatic imine (C=N–C) groups is 1.